The second-order valence-electron chi connectivity index (χ2n) is 4.41. The smallest absolute Gasteiger partial charge is 0.291 e. The monoisotopic (exact) mass is 322 g/mol. The lowest BCUT2D eigenvalue weighted by atomic mass is 10.2. The van der Waals surface area contributed by atoms with Crippen molar-refractivity contribution >= 4 is 33.3 Å². The van der Waals surface area contributed by atoms with Gasteiger partial charge in [-0.2, -0.15) is 12.8 Å². The fourth-order valence-corrected chi connectivity index (χ4v) is 3.80. The van der Waals surface area contributed by atoms with Gasteiger partial charge in [0.2, 0.25) is 0 Å². The topological polar surface area (TPSA) is 49.7 Å². The zero-order chi connectivity index (χ0) is 15.3. The molecule has 1 heterocycles. The van der Waals surface area contributed by atoms with Gasteiger partial charge in [-0.3, -0.25) is 0 Å². The molecule has 0 aliphatic carbocycles. The maximum Gasteiger partial charge on any atom is 0.291 e. The Morgan fingerprint density at radius 2 is 1.81 bits per heavy atom. The van der Waals surface area contributed by atoms with E-state index in [9.17, 15) is 8.42 Å². The minimum Gasteiger partial charge on any atom is -0.372 e. The van der Waals surface area contributed by atoms with E-state index in [1.165, 1.54) is 17.6 Å². The van der Waals surface area contributed by atoms with Crippen LogP contribution in [0.15, 0.2) is 50.4 Å². The average molecular weight is 322 g/mol. The molecule has 0 unspecified atom stereocenters. The fraction of sp³-hybridized carbons (Fsp3) is 0.267. The minimum absolute atomic E-state index is 0.263. The van der Waals surface area contributed by atoms with Gasteiger partial charge in [-0.1, -0.05) is 18.2 Å². The molecule has 0 radical (unpaired) electrons. The summed E-state index contributed by atoms with van der Waals surface area (Å²) >= 11 is 1.17. The molecule has 0 bridgehead atoms. The first-order valence-electron chi connectivity index (χ1n) is 6.75. The van der Waals surface area contributed by atoms with Crippen LogP contribution in [-0.4, -0.2) is 27.7 Å². The zero-order valence-corrected chi connectivity index (χ0v) is 13.7. The Bertz CT molecular complexity index is 686. The van der Waals surface area contributed by atoms with Crippen LogP contribution in [0, 0.1) is 0 Å². The van der Waals surface area contributed by atoms with E-state index in [0.29, 0.717) is 0 Å². The summed E-state index contributed by atoms with van der Waals surface area (Å²) in [5.41, 5.74) is 1.89. The Morgan fingerprint density at radius 3 is 2.33 bits per heavy atom. The Morgan fingerprint density at radius 1 is 1.14 bits per heavy atom. The van der Waals surface area contributed by atoms with Crippen LogP contribution < -0.4 is 4.90 Å². The highest BCUT2D eigenvalue weighted by atomic mass is 32.2. The highest BCUT2D eigenvalue weighted by Crippen LogP contribution is 2.19. The fourth-order valence-electron chi connectivity index (χ4n) is 1.95. The summed E-state index contributed by atoms with van der Waals surface area (Å²) in [7, 11) is -3.57. The third-order valence-corrected chi connectivity index (χ3v) is 5.72. The normalized spacial score (nSPS) is 11.9. The molecule has 21 heavy (non-hydrogen) atoms. The van der Waals surface area contributed by atoms with Gasteiger partial charge in [0.1, 0.15) is 4.21 Å². The van der Waals surface area contributed by atoms with Crippen molar-refractivity contribution < 1.29 is 8.42 Å². The summed E-state index contributed by atoms with van der Waals surface area (Å²) in [5, 5.41) is 1.72. The largest absolute Gasteiger partial charge is 0.372 e. The van der Waals surface area contributed by atoms with Gasteiger partial charge in [-0.25, -0.2) is 0 Å². The average Bonchev–Trinajstić information content (AvgIpc) is 3.03. The van der Waals surface area contributed by atoms with Gasteiger partial charge in [0.25, 0.3) is 10.0 Å². The van der Waals surface area contributed by atoms with Crippen molar-refractivity contribution in [3.8, 4) is 0 Å². The highest BCUT2D eigenvalue weighted by Gasteiger charge is 2.12. The quantitative estimate of drug-likeness (QED) is 0.766. The van der Waals surface area contributed by atoms with Crippen LogP contribution >= 0.6 is 11.3 Å². The Balaban J connectivity index is 2.15. The molecule has 2 rings (SSSR count). The molecule has 0 spiro atoms. The molecule has 6 heteroatoms. The molecular weight excluding hydrogens is 304 g/mol. The Kier molecular flexibility index (Phi) is 5.14. The van der Waals surface area contributed by atoms with Crippen LogP contribution in [0.3, 0.4) is 0 Å². The predicted molar refractivity (Wildman–Crippen MR) is 89.1 cm³/mol. The van der Waals surface area contributed by atoms with Crippen molar-refractivity contribution in [3.63, 3.8) is 0 Å². The van der Waals surface area contributed by atoms with Gasteiger partial charge < -0.3 is 4.90 Å². The van der Waals surface area contributed by atoms with Crippen LogP contribution in [0.1, 0.15) is 19.4 Å². The van der Waals surface area contributed by atoms with E-state index < -0.39 is 10.0 Å². The second-order valence-corrected chi connectivity index (χ2v) is 7.21. The third-order valence-electron chi connectivity index (χ3n) is 3.11. The van der Waals surface area contributed by atoms with E-state index in [4.69, 9.17) is 0 Å². The number of hydrogen-bond acceptors (Lipinski definition) is 4. The van der Waals surface area contributed by atoms with Gasteiger partial charge in [-0.05, 0) is 43.0 Å². The zero-order valence-electron chi connectivity index (χ0n) is 12.1. The lowest BCUT2D eigenvalue weighted by Crippen LogP contribution is -2.21. The maximum absolute atomic E-state index is 11.9. The van der Waals surface area contributed by atoms with Crippen LogP contribution in [0.5, 0.6) is 0 Å². The van der Waals surface area contributed by atoms with E-state index in [1.807, 2.05) is 24.3 Å². The highest BCUT2D eigenvalue weighted by molar-refractivity contribution is 7.92. The minimum atomic E-state index is -3.57. The predicted octanol–water partition coefficient (Wildman–Crippen LogP) is 3.40. The van der Waals surface area contributed by atoms with Crippen LogP contribution in [0.4, 0.5) is 5.69 Å². The molecule has 1 aromatic carbocycles. The molecule has 1 aromatic heterocycles. The summed E-state index contributed by atoms with van der Waals surface area (Å²) in [6.07, 6.45) is 1.39. The first kappa shape index (κ1) is 15.7. The summed E-state index contributed by atoms with van der Waals surface area (Å²) in [6, 6.07) is 11.0. The first-order chi connectivity index (χ1) is 10.1. The number of thiophene rings is 1. The summed E-state index contributed by atoms with van der Waals surface area (Å²) in [6.45, 7) is 6.09. The number of rotatable bonds is 6. The van der Waals surface area contributed by atoms with Gasteiger partial charge in [0, 0.05) is 25.0 Å². The van der Waals surface area contributed by atoms with Gasteiger partial charge in [-0.15, -0.1) is 11.3 Å². The number of anilines is 1. The van der Waals surface area contributed by atoms with Gasteiger partial charge in [0.15, 0.2) is 0 Å². The molecule has 0 aliphatic rings. The molecular formula is C15H18N2O2S2. The Hall–Kier alpha value is -1.66. The standard InChI is InChI=1S/C15H18N2O2S2/c1-3-17(4-2)14-9-7-13(8-10-14)12-16-21(18,19)15-6-5-11-20-15/h5-12H,3-4H2,1-2H3/b16-12+. The summed E-state index contributed by atoms with van der Waals surface area (Å²) < 4.78 is 27.9. The molecule has 0 saturated carbocycles. The van der Waals surface area contributed by atoms with Crippen molar-refractivity contribution in [2.24, 2.45) is 4.40 Å². The van der Waals surface area contributed by atoms with E-state index in [-0.39, 0.29) is 4.21 Å². The molecule has 4 nitrogen and oxygen atoms in total. The molecule has 0 saturated heterocycles. The van der Waals surface area contributed by atoms with E-state index in [1.54, 1.807) is 17.5 Å². The van der Waals surface area contributed by atoms with Crippen molar-refractivity contribution in [3.05, 3.63) is 47.3 Å². The third kappa shape index (κ3) is 3.92. The summed E-state index contributed by atoms with van der Waals surface area (Å²) in [5.74, 6) is 0. The Labute approximate surface area is 129 Å². The molecule has 0 atom stereocenters. The second kappa shape index (κ2) is 6.87. The van der Waals surface area contributed by atoms with Crippen LogP contribution in [-0.2, 0) is 10.0 Å². The number of benzene rings is 1. The van der Waals surface area contributed by atoms with Crippen molar-refractivity contribution in [1.29, 1.82) is 0 Å². The van der Waals surface area contributed by atoms with Crippen molar-refractivity contribution in [2.75, 3.05) is 18.0 Å². The van der Waals surface area contributed by atoms with Crippen molar-refractivity contribution in [1.82, 2.24) is 0 Å². The van der Waals surface area contributed by atoms with E-state index in [0.717, 1.165) is 24.3 Å². The molecule has 0 fully saturated rings. The molecule has 0 N–H and O–H groups in total. The SMILES string of the molecule is CCN(CC)c1ccc(/C=N/S(=O)(=O)c2cccs2)cc1. The van der Waals surface area contributed by atoms with Crippen LogP contribution in [0.2, 0.25) is 0 Å². The molecule has 112 valence electrons. The van der Waals surface area contributed by atoms with Gasteiger partial charge in [0.05, 0.1) is 0 Å². The molecule has 0 amide bonds. The first-order valence-corrected chi connectivity index (χ1v) is 9.07. The molecule has 0 aliphatic heterocycles. The van der Waals surface area contributed by atoms with E-state index in [2.05, 4.69) is 23.1 Å². The van der Waals surface area contributed by atoms with Crippen LogP contribution in [0.25, 0.3) is 0 Å². The van der Waals surface area contributed by atoms with E-state index >= 15 is 0 Å². The number of nitrogens with zero attached hydrogens (tertiary/aromatic N) is 2. The van der Waals surface area contributed by atoms with Gasteiger partial charge >= 0.3 is 0 Å². The number of sulfonamides is 1. The lowest BCUT2D eigenvalue weighted by molar-refractivity contribution is 0.600. The molecule has 2 aromatic rings. The van der Waals surface area contributed by atoms with Crippen molar-refractivity contribution in [2.45, 2.75) is 18.1 Å². The lowest BCUT2D eigenvalue weighted by Gasteiger charge is -2.20. The maximum atomic E-state index is 11.9. The number of hydrogen-bond donors (Lipinski definition) is 0. The summed E-state index contributed by atoms with van der Waals surface area (Å²) in [4.78, 5) is 2.23.